The minimum atomic E-state index is -1.82. The Morgan fingerprint density at radius 2 is 1.85 bits per heavy atom. The topological polar surface area (TPSA) is 47.9 Å². The highest BCUT2D eigenvalue weighted by atomic mass is 28.4. The number of oxime groups is 1. The Kier molecular flexibility index (Phi) is 5.80. The molecule has 0 heterocycles. The van der Waals surface area contributed by atoms with E-state index in [0.717, 1.165) is 31.4 Å². The van der Waals surface area contributed by atoms with E-state index in [1.807, 2.05) is 6.92 Å². The van der Waals surface area contributed by atoms with Crippen LogP contribution in [0.15, 0.2) is 5.16 Å². The fraction of sp³-hybridized carbons (Fsp3) is 0.867. The first-order chi connectivity index (χ1) is 9.17. The van der Waals surface area contributed by atoms with E-state index in [0.29, 0.717) is 6.61 Å². The van der Waals surface area contributed by atoms with Gasteiger partial charge < -0.3 is 9.26 Å². The Hall–Kier alpha value is -0.843. The van der Waals surface area contributed by atoms with Gasteiger partial charge in [0, 0.05) is 0 Å². The summed E-state index contributed by atoms with van der Waals surface area (Å²) in [5.41, 5.74) is 1.09. The molecule has 116 valence electrons. The molecular weight excluding hydrogens is 270 g/mol. The van der Waals surface area contributed by atoms with Crippen molar-refractivity contribution in [3.63, 3.8) is 0 Å². The Morgan fingerprint density at radius 1 is 1.30 bits per heavy atom. The molecule has 0 saturated heterocycles. The first kappa shape index (κ1) is 17.2. The van der Waals surface area contributed by atoms with Crippen molar-refractivity contribution in [1.82, 2.24) is 0 Å². The number of ether oxygens (including phenoxy) is 1. The monoisotopic (exact) mass is 299 g/mol. The average Bonchev–Trinajstić information content (AvgIpc) is 2.36. The minimum absolute atomic E-state index is 0.0433. The molecule has 1 rings (SSSR count). The van der Waals surface area contributed by atoms with Gasteiger partial charge in [-0.1, -0.05) is 20.8 Å². The van der Waals surface area contributed by atoms with Crippen LogP contribution >= 0.6 is 0 Å². The SMILES string of the molecule is CCOC(=O)C1CCC(=NO[Si](C)(C)C(C)(C)C)CC1. The quantitative estimate of drug-likeness (QED) is 0.446. The molecule has 0 aromatic rings. The Balaban J connectivity index is 2.50. The van der Waals surface area contributed by atoms with Gasteiger partial charge in [-0.2, -0.15) is 0 Å². The van der Waals surface area contributed by atoms with Crippen molar-refractivity contribution in [2.45, 2.75) is 71.5 Å². The first-order valence-electron chi connectivity index (χ1n) is 7.58. The smallest absolute Gasteiger partial charge is 0.308 e. The summed E-state index contributed by atoms with van der Waals surface area (Å²) in [6, 6.07) is 0. The second kappa shape index (κ2) is 6.74. The van der Waals surface area contributed by atoms with E-state index in [9.17, 15) is 4.79 Å². The van der Waals surface area contributed by atoms with Gasteiger partial charge in [-0.15, -0.1) is 5.16 Å². The molecule has 0 unspecified atom stereocenters. The summed E-state index contributed by atoms with van der Waals surface area (Å²) in [6.07, 6.45) is 3.35. The van der Waals surface area contributed by atoms with Crippen molar-refractivity contribution in [3.05, 3.63) is 0 Å². The van der Waals surface area contributed by atoms with E-state index in [1.54, 1.807) is 0 Å². The van der Waals surface area contributed by atoms with Gasteiger partial charge in [0.25, 0.3) is 8.32 Å². The molecule has 0 amide bonds. The summed E-state index contributed by atoms with van der Waals surface area (Å²) in [4.78, 5) is 11.7. The summed E-state index contributed by atoms with van der Waals surface area (Å²) in [6.45, 7) is 13.3. The van der Waals surface area contributed by atoms with Crippen LogP contribution in [-0.4, -0.2) is 26.6 Å². The van der Waals surface area contributed by atoms with Crippen molar-refractivity contribution < 1.29 is 14.1 Å². The van der Waals surface area contributed by atoms with Crippen LogP contribution in [0, 0.1) is 5.92 Å². The zero-order chi connectivity index (χ0) is 15.4. The average molecular weight is 299 g/mol. The lowest BCUT2D eigenvalue weighted by atomic mass is 9.88. The second-order valence-corrected chi connectivity index (χ2v) is 11.7. The van der Waals surface area contributed by atoms with E-state index in [4.69, 9.17) is 9.26 Å². The molecular formula is C15H29NO3Si. The fourth-order valence-corrected chi connectivity index (χ4v) is 2.48. The van der Waals surface area contributed by atoms with Crippen molar-refractivity contribution in [3.8, 4) is 0 Å². The van der Waals surface area contributed by atoms with Gasteiger partial charge in [-0.05, 0) is 50.7 Å². The molecule has 1 aliphatic rings. The van der Waals surface area contributed by atoms with E-state index in [-0.39, 0.29) is 16.9 Å². The molecule has 1 aliphatic carbocycles. The summed E-state index contributed by atoms with van der Waals surface area (Å²) >= 11 is 0. The molecule has 5 heteroatoms. The van der Waals surface area contributed by atoms with Crippen LogP contribution in [-0.2, 0) is 14.1 Å². The largest absolute Gasteiger partial charge is 0.466 e. The van der Waals surface area contributed by atoms with Crippen LogP contribution in [0.2, 0.25) is 18.1 Å². The number of carbonyl (C=O) groups is 1. The molecule has 0 atom stereocenters. The van der Waals surface area contributed by atoms with Crippen molar-refractivity contribution in [2.24, 2.45) is 11.1 Å². The molecule has 0 aliphatic heterocycles. The second-order valence-electron chi connectivity index (χ2n) is 7.04. The zero-order valence-corrected chi connectivity index (χ0v) is 14.8. The lowest BCUT2D eigenvalue weighted by Crippen LogP contribution is -2.39. The normalized spacial score (nSPS) is 20.5. The molecule has 0 radical (unpaired) electrons. The summed E-state index contributed by atoms with van der Waals surface area (Å²) in [5.74, 6) is -0.0152. The number of hydrogen-bond acceptors (Lipinski definition) is 4. The lowest BCUT2D eigenvalue weighted by Gasteiger charge is -2.33. The maximum atomic E-state index is 11.7. The Labute approximate surface area is 124 Å². The number of esters is 1. The predicted octanol–water partition coefficient (Wildman–Crippen LogP) is 4.12. The maximum Gasteiger partial charge on any atom is 0.308 e. The van der Waals surface area contributed by atoms with Crippen LogP contribution in [0.4, 0.5) is 0 Å². The number of carbonyl (C=O) groups excluding carboxylic acids is 1. The van der Waals surface area contributed by atoms with Gasteiger partial charge in [0.2, 0.25) is 0 Å². The minimum Gasteiger partial charge on any atom is -0.466 e. The van der Waals surface area contributed by atoms with Gasteiger partial charge in [0.15, 0.2) is 0 Å². The van der Waals surface area contributed by atoms with Crippen LogP contribution in [0.3, 0.4) is 0 Å². The molecule has 20 heavy (non-hydrogen) atoms. The highest BCUT2D eigenvalue weighted by Crippen LogP contribution is 2.37. The highest BCUT2D eigenvalue weighted by molar-refractivity contribution is 6.74. The third kappa shape index (κ3) is 4.61. The van der Waals surface area contributed by atoms with Crippen molar-refractivity contribution in [1.29, 1.82) is 0 Å². The Morgan fingerprint density at radius 3 is 2.30 bits per heavy atom. The van der Waals surface area contributed by atoms with Crippen LogP contribution in [0.1, 0.15) is 53.4 Å². The van der Waals surface area contributed by atoms with Crippen LogP contribution < -0.4 is 0 Å². The summed E-state index contributed by atoms with van der Waals surface area (Å²) in [5, 5.41) is 4.55. The summed E-state index contributed by atoms with van der Waals surface area (Å²) < 4.78 is 11.0. The summed E-state index contributed by atoms with van der Waals surface area (Å²) in [7, 11) is -1.82. The molecule has 0 aromatic heterocycles. The zero-order valence-electron chi connectivity index (χ0n) is 13.8. The highest BCUT2D eigenvalue weighted by Gasteiger charge is 2.40. The fourth-order valence-electron chi connectivity index (χ4n) is 1.85. The number of nitrogens with zero attached hydrogens (tertiary/aromatic N) is 1. The lowest BCUT2D eigenvalue weighted by molar-refractivity contribution is -0.148. The molecule has 0 spiro atoms. The first-order valence-corrected chi connectivity index (χ1v) is 10.5. The Bertz CT molecular complexity index is 362. The molecule has 4 nitrogen and oxygen atoms in total. The van der Waals surface area contributed by atoms with E-state index in [1.165, 1.54) is 0 Å². The van der Waals surface area contributed by atoms with Gasteiger partial charge in [-0.3, -0.25) is 4.79 Å². The van der Waals surface area contributed by atoms with Gasteiger partial charge in [0.1, 0.15) is 0 Å². The number of hydrogen-bond donors (Lipinski definition) is 0. The standard InChI is InChI=1S/C15H29NO3Si/c1-7-18-14(17)12-8-10-13(11-9-12)16-19-20(5,6)15(2,3)4/h12H,7-11H2,1-6H3. The van der Waals surface area contributed by atoms with Gasteiger partial charge >= 0.3 is 5.97 Å². The van der Waals surface area contributed by atoms with E-state index in [2.05, 4.69) is 39.0 Å². The van der Waals surface area contributed by atoms with E-state index >= 15 is 0 Å². The van der Waals surface area contributed by atoms with Crippen LogP contribution in [0.5, 0.6) is 0 Å². The van der Waals surface area contributed by atoms with Gasteiger partial charge in [-0.25, -0.2) is 0 Å². The maximum absolute atomic E-state index is 11.7. The predicted molar refractivity (Wildman–Crippen MR) is 84.3 cm³/mol. The molecule has 0 bridgehead atoms. The number of rotatable bonds is 4. The van der Waals surface area contributed by atoms with Gasteiger partial charge in [0.05, 0.1) is 18.2 Å². The van der Waals surface area contributed by atoms with E-state index < -0.39 is 8.32 Å². The molecule has 1 saturated carbocycles. The molecule has 0 N–H and O–H groups in total. The third-order valence-electron chi connectivity index (χ3n) is 4.39. The molecule has 0 aromatic carbocycles. The van der Waals surface area contributed by atoms with Crippen LogP contribution in [0.25, 0.3) is 0 Å². The van der Waals surface area contributed by atoms with Crippen molar-refractivity contribution in [2.75, 3.05) is 6.61 Å². The van der Waals surface area contributed by atoms with Crippen molar-refractivity contribution >= 4 is 20.0 Å². The third-order valence-corrected chi connectivity index (χ3v) is 8.55. The molecule has 1 fully saturated rings.